The van der Waals surface area contributed by atoms with Gasteiger partial charge in [-0.25, -0.2) is 0 Å². The number of nitrogens with zero attached hydrogens (tertiary/aromatic N) is 1. The van der Waals surface area contributed by atoms with E-state index in [1.54, 1.807) is 4.90 Å². The fraction of sp³-hybridized carbons (Fsp3) is 0.900. The fourth-order valence-corrected chi connectivity index (χ4v) is 2.46. The lowest BCUT2D eigenvalue weighted by atomic mass is 9.97. The smallest absolute Gasteiger partial charge is 0.242 e. The first-order valence-corrected chi connectivity index (χ1v) is 5.38. The zero-order chi connectivity index (χ0) is 10.2. The molecule has 1 aliphatic carbocycles. The van der Waals surface area contributed by atoms with Crippen LogP contribution in [0.2, 0.25) is 0 Å². The normalized spacial score (nSPS) is 31.0. The molecule has 1 atom stereocenters. The van der Waals surface area contributed by atoms with Gasteiger partial charge in [0.05, 0.1) is 11.6 Å². The molecule has 0 aromatic rings. The monoisotopic (exact) mass is 198 g/mol. The molecule has 1 amide bonds. The number of likely N-dealkylation sites (tertiary alicyclic amines) is 1. The second kappa shape index (κ2) is 3.51. The molecule has 1 saturated carbocycles. The third-order valence-corrected chi connectivity index (χ3v) is 3.37. The second-order valence-electron chi connectivity index (χ2n) is 4.56. The van der Waals surface area contributed by atoms with Crippen LogP contribution < -0.4 is 5.73 Å². The molecule has 0 bridgehead atoms. The Morgan fingerprint density at radius 1 is 1.43 bits per heavy atom. The zero-order valence-corrected chi connectivity index (χ0v) is 8.41. The minimum atomic E-state index is -0.621. The first-order chi connectivity index (χ1) is 6.62. The number of aliphatic hydroxyl groups is 1. The molecule has 4 heteroatoms. The summed E-state index contributed by atoms with van der Waals surface area (Å²) in [7, 11) is 0. The molecule has 2 rings (SSSR count). The fourth-order valence-electron chi connectivity index (χ4n) is 2.46. The number of hydrogen-bond acceptors (Lipinski definition) is 3. The zero-order valence-electron chi connectivity index (χ0n) is 8.41. The first-order valence-electron chi connectivity index (χ1n) is 5.38. The van der Waals surface area contributed by atoms with Crippen molar-refractivity contribution < 1.29 is 9.90 Å². The standard InChI is InChI=1S/C10H18N2O2/c11-10(4-1-2-5-10)9(14)12-6-3-8(13)7-12/h8,13H,1-7,11H2. The van der Waals surface area contributed by atoms with E-state index in [1.165, 1.54) is 0 Å². The quantitative estimate of drug-likeness (QED) is 0.616. The third kappa shape index (κ3) is 1.64. The lowest BCUT2D eigenvalue weighted by Gasteiger charge is -2.28. The van der Waals surface area contributed by atoms with E-state index in [2.05, 4.69) is 0 Å². The average Bonchev–Trinajstić information content (AvgIpc) is 2.74. The van der Waals surface area contributed by atoms with Crippen LogP contribution in [-0.4, -0.2) is 40.6 Å². The molecule has 1 saturated heterocycles. The van der Waals surface area contributed by atoms with Crippen molar-refractivity contribution in [2.75, 3.05) is 13.1 Å². The molecular formula is C10H18N2O2. The van der Waals surface area contributed by atoms with Crippen molar-refractivity contribution in [2.24, 2.45) is 5.73 Å². The molecular weight excluding hydrogens is 180 g/mol. The Bertz CT molecular complexity index is 236. The number of rotatable bonds is 1. The van der Waals surface area contributed by atoms with Crippen LogP contribution in [0, 0.1) is 0 Å². The molecule has 80 valence electrons. The lowest BCUT2D eigenvalue weighted by Crippen LogP contribution is -2.53. The molecule has 1 heterocycles. The minimum absolute atomic E-state index is 0.0477. The van der Waals surface area contributed by atoms with Gasteiger partial charge in [0.25, 0.3) is 0 Å². The van der Waals surface area contributed by atoms with Crippen LogP contribution in [0.15, 0.2) is 0 Å². The number of carbonyl (C=O) groups excluding carboxylic acids is 1. The van der Waals surface area contributed by atoms with E-state index in [4.69, 9.17) is 5.73 Å². The molecule has 0 radical (unpaired) electrons. The number of aliphatic hydroxyl groups excluding tert-OH is 1. The van der Waals surface area contributed by atoms with E-state index in [0.29, 0.717) is 19.5 Å². The number of nitrogens with two attached hydrogens (primary N) is 1. The second-order valence-corrected chi connectivity index (χ2v) is 4.56. The van der Waals surface area contributed by atoms with Crippen LogP contribution in [0.3, 0.4) is 0 Å². The van der Waals surface area contributed by atoms with Crippen LogP contribution in [0.25, 0.3) is 0 Å². The maximum absolute atomic E-state index is 12.0. The van der Waals surface area contributed by atoms with E-state index in [0.717, 1.165) is 25.7 Å². The number of amides is 1. The van der Waals surface area contributed by atoms with E-state index < -0.39 is 5.54 Å². The van der Waals surface area contributed by atoms with Crippen molar-refractivity contribution in [1.29, 1.82) is 0 Å². The van der Waals surface area contributed by atoms with Crippen molar-refractivity contribution in [2.45, 2.75) is 43.7 Å². The summed E-state index contributed by atoms with van der Waals surface area (Å²) in [6.07, 6.45) is 4.07. The maximum atomic E-state index is 12.0. The average molecular weight is 198 g/mol. The van der Waals surface area contributed by atoms with E-state index in [9.17, 15) is 9.90 Å². The van der Waals surface area contributed by atoms with E-state index >= 15 is 0 Å². The highest BCUT2D eigenvalue weighted by Gasteiger charge is 2.41. The molecule has 14 heavy (non-hydrogen) atoms. The molecule has 1 unspecified atom stereocenters. The predicted molar refractivity (Wildman–Crippen MR) is 52.6 cm³/mol. The van der Waals surface area contributed by atoms with Crippen molar-refractivity contribution in [1.82, 2.24) is 4.90 Å². The summed E-state index contributed by atoms with van der Waals surface area (Å²) in [4.78, 5) is 13.7. The Kier molecular flexibility index (Phi) is 2.49. The summed E-state index contributed by atoms with van der Waals surface area (Å²) < 4.78 is 0. The molecule has 2 aliphatic rings. The van der Waals surface area contributed by atoms with Gasteiger partial charge in [-0.05, 0) is 19.3 Å². The van der Waals surface area contributed by atoms with Gasteiger partial charge in [-0.15, -0.1) is 0 Å². The lowest BCUT2D eigenvalue weighted by molar-refractivity contribution is -0.136. The Balaban J connectivity index is 2.00. The third-order valence-electron chi connectivity index (χ3n) is 3.37. The van der Waals surface area contributed by atoms with Crippen LogP contribution in [0.1, 0.15) is 32.1 Å². The molecule has 1 aliphatic heterocycles. The predicted octanol–water partition coefficient (Wildman–Crippen LogP) is -0.149. The molecule has 0 aromatic heterocycles. The highest BCUT2D eigenvalue weighted by atomic mass is 16.3. The van der Waals surface area contributed by atoms with Crippen LogP contribution in [0.4, 0.5) is 0 Å². The summed E-state index contributed by atoms with van der Waals surface area (Å²) in [5.74, 6) is 0.0477. The highest BCUT2D eigenvalue weighted by molar-refractivity contribution is 5.86. The molecule has 4 nitrogen and oxygen atoms in total. The van der Waals surface area contributed by atoms with Gasteiger partial charge < -0.3 is 15.7 Å². The summed E-state index contributed by atoms with van der Waals surface area (Å²) >= 11 is 0. The highest BCUT2D eigenvalue weighted by Crippen LogP contribution is 2.30. The van der Waals surface area contributed by atoms with Gasteiger partial charge in [0, 0.05) is 13.1 Å². The molecule has 0 aromatic carbocycles. The van der Waals surface area contributed by atoms with Gasteiger partial charge in [0.1, 0.15) is 0 Å². The number of hydrogen-bond donors (Lipinski definition) is 2. The van der Waals surface area contributed by atoms with E-state index in [-0.39, 0.29) is 12.0 Å². The Morgan fingerprint density at radius 3 is 2.57 bits per heavy atom. The largest absolute Gasteiger partial charge is 0.391 e. The maximum Gasteiger partial charge on any atom is 0.242 e. The minimum Gasteiger partial charge on any atom is -0.391 e. The molecule has 0 spiro atoms. The summed E-state index contributed by atoms with van der Waals surface area (Å²) in [5.41, 5.74) is 5.43. The van der Waals surface area contributed by atoms with Gasteiger partial charge in [0.15, 0.2) is 0 Å². The van der Waals surface area contributed by atoms with Crippen molar-refractivity contribution in [3.05, 3.63) is 0 Å². The van der Waals surface area contributed by atoms with Gasteiger partial charge in [0.2, 0.25) is 5.91 Å². The molecule has 2 fully saturated rings. The van der Waals surface area contributed by atoms with Gasteiger partial charge in [-0.1, -0.05) is 12.8 Å². The van der Waals surface area contributed by atoms with Gasteiger partial charge in [-0.3, -0.25) is 4.79 Å². The number of β-amino-alcohol motifs (C(OH)–C–C–N with tert-alkyl or cyclic N) is 1. The topological polar surface area (TPSA) is 66.6 Å². The van der Waals surface area contributed by atoms with Crippen molar-refractivity contribution in [3.8, 4) is 0 Å². The SMILES string of the molecule is NC1(C(=O)N2CCC(O)C2)CCCC1. The van der Waals surface area contributed by atoms with Crippen LogP contribution in [-0.2, 0) is 4.79 Å². The number of carbonyl (C=O) groups is 1. The Morgan fingerprint density at radius 2 is 2.07 bits per heavy atom. The summed E-state index contributed by atoms with van der Waals surface area (Å²) in [6.45, 7) is 1.14. The Labute approximate surface area is 84.1 Å². The van der Waals surface area contributed by atoms with Crippen molar-refractivity contribution >= 4 is 5.91 Å². The van der Waals surface area contributed by atoms with Crippen molar-refractivity contribution in [3.63, 3.8) is 0 Å². The summed E-state index contributed by atoms with van der Waals surface area (Å²) in [6, 6.07) is 0. The van der Waals surface area contributed by atoms with Gasteiger partial charge >= 0.3 is 0 Å². The van der Waals surface area contributed by atoms with E-state index in [1.807, 2.05) is 0 Å². The van der Waals surface area contributed by atoms with Crippen LogP contribution >= 0.6 is 0 Å². The first kappa shape index (κ1) is 9.93. The summed E-state index contributed by atoms with van der Waals surface area (Å²) in [5, 5.41) is 9.34. The van der Waals surface area contributed by atoms with Crippen LogP contribution in [0.5, 0.6) is 0 Å². The Hall–Kier alpha value is -0.610. The van der Waals surface area contributed by atoms with Gasteiger partial charge in [-0.2, -0.15) is 0 Å². The molecule has 3 N–H and O–H groups in total.